The van der Waals surface area contributed by atoms with Crippen LogP contribution in [-0.4, -0.2) is 21.3 Å². The number of nitrogens with zero attached hydrogens (tertiary/aromatic N) is 2. The van der Waals surface area contributed by atoms with Gasteiger partial charge in [-0.05, 0) is 37.7 Å². The minimum Gasteiger partial charge on any atom is -0.328 e. The molecule has 0 bridgehead atoms. The Morgan fingerprint density at radius 1 is 1.39 bits per heavy atom. The van der Waals surface area contributed by atoms with Crippen molar-refractivity contribution in [2.24, 2.45) is 11.7 Å². The van der Waals surface area contributed by atoms with E-state index in [9.17, 15) is 0 Å². The molecular weight excluding hydrogens is 242 g/mol. The first kappa shape index (κ1) is 13.8. The number of aromatic nitrogens is 2. The first-order valence-electron chi connectivity index (χ1n) is 6.86. The predicted molar refractivity (Wildman–Crippen MR) is 76.7 cm³/mol. The van der Waals surface area contributed by atoms with Crippen LogP contribution in [0.5, 0.6) is 0 Å². The third kappa shape index (κ3) is 4.25. The summed E-state index contributed by atoms with van der Waals surface area (Å²) in [7, 11) is 0. The molecule has 2 N–H and O–H groups in total. The zero-order chi connectivity index (χ0) is 13.0. The van der Waals surface area contributed by atoms with Crippen molar-refractivity contribution < 1.29 is 0 Å². The Kier molecular flexibility index (Phi) is 5.01. The van der Waals surface area contributed by atoms with Gasteiger partial charge >= 0.3 is 0 Å². The van der Waals surface area contributed by atoms with E-state index in [1.54, 1.807) is 0 Å². The molecule has 1 aromatic heterocycles. The van der Waals surface area contributed by atoms with E-state index in [1.807, 2.05) is 31.1 Å². The summed E-state index contributed by atoms with van der Waals surface area (Å²) in [5.41, 5.74) is 6.90. The summed E-state index contributed by atoms with van der Waals surface area (Å²) in [6.07, 6.45) is 10.0. The SMILES string of the molecule is CC(N)Cc1cnc(SC2CCCC(C)C2)nc1. The van der Waals surface area contributed by atoms with Crippen LogP contribution in [0.3, 0.4) is 0 Å². The number of hydrogen-bond donors (Lipinski definition) is 1. The van der Waals surface area contributed by atoms with Crippen molar-refractivity contribution in [1.82, 2.24) is 9.97 Å². The Balaban J connectivity index is 1.89. The lowest BCUT2D eigenvalue weighted by atomic mass is 9.91. The van der Waals surface area contributed by atoms with Crippen LogP contribution in [0, 0.1) is 5.92 Å². The monoisotopic (exact) mass is 265 g/mol. The first-order valence-corrected chi connectivity index (χ1v) is 7.74. The maximum atomic E-state index is 5.77. The Bertz CT molecular complexity index is 364. The molecule has 1 heterocycles. The highest BCUT2D eigenvalue weighted by Gasteiger charge is 2.20. The van der Waals surface area contributed by atoms with Gasteiger partial charge in [0.05, 0.1) is 0 Å². The fourth-order valence-corrected chi connectivity index (χ4v) is 3.75. The molecule has 2 rings (SSSR count). The van der Waals surface area contributed by atoms with Crippen molar-refractivity contribution in [3.8, 4) is 0 Å². The molecule has 1 fully saturated rings. The molecular formula is C14H23N3S. The van der Waals surface area contributed by atoms with Crippen LogP contribution < -0.4 is 5.73 Å². The maximum absolute atomic E-state index is 5.77. The van der Waals surface area contributed by atoms with Crippen LogP contribution in [0.25, 0.3) is 0 Å². The minimum atomic E-state index is 0.172. The molecule has 0 spiro atoms. The molecule has 0 aliphatic heterocycles. The minimum absolute atomic E-state index is 0.172. The van der Waals surface area contributed by atoms with Crippen molar-refractivity contribution in [1.29, 1.82) is 0 Å². The van der Waals surface area contributed by atoms with Crippen LogP contribution in [0.1, 0.15) is 45.1 Å². The predicted octanol–water partition coefficient (Wildman–Crippen LogP) is 3.04. The Hall–Kier alpha value is -0.610. The van der Waals surface area contributed by atoms with E-state index in [0.717, 1.165) is 23.1 Å². The lowest BCUT2D eigenvalue weighted by molar-refractivity contribution is 0.394. The van der Waals surface area contributed by atoms with Gasteiger partial charge in [0.1, 0.15) is 0 Å². The fourth-order valence-electron chi connectivity index (χ4n) is 2.52. The summed E-state index contributed by atoms with van der Waals surface area (Å²) in [4.78, 5) is 8.89. The van der Waals surface area contributed by atoms with Gasteiger partial charge in [0.15, 0.2) is 5.16 Å². The molecule has 3 unspecified atom stereocenters. The molecule has 18 heavy (non-hydrogen) atoms. The van der Waals surface area contributed by atoms with Crippen molar-refractivity contribution in [3.63, 3.8) is 0 Å². The van der Waals surface area contributed by atoms with Crippen molar-refractivity contribution in [2.75, 3.05) is 0 Å². The highest BCUT2D eigenvalue weighted by molar-refractivity contribution is 7.99. The lowest BCUT2D eigenvalue weighted by Gasteiger charge is -2.25. The van der Waals surface area contributed by atoms with E-state index in [2.05, 4.69) is 16.9 Å². The molecule has 0 aromatic carbocycles. The number of rotatable bonds is 4. The van der Waals surface area contributed by atoms with E-state index in [-0.39, 0.29) is 6.04 Å². The lowest BCUT2D eigenvalue weighted by Crippen LogP contribution is -2.18. The third-order valence-corrected chi connectivity index (χ3v) is 4.58. The molecule has 3 nitrogen and oxygen atoms in total. The van der Waals surface area contributed by atoms with Crippen molar-refractivity contribution in [3.05, 3.63) is 18.0 Å². The van der Waals surface area contributed by atoms with Gasteiger partial charge in [0.2, 0.25) is 0 Å². The Morgan fingerprint density at radius 3 is 2.72 bits per heavy atom. The van der Waals surface area contributed by atoms with Gasteiger partial charge in [0.25, 0.3) is 0 Å². The zero-order valence-corrected chi connectivity index (χ0v) is 12.1. The van der Waals surface area contributed by atoms with E-state index in [0.29, 0.717) is 5.25 Å². The van der Waals surface area contributed by atoms with Gasteiger partial charge in [-0.25, -0.2) is 9.97 Å². The van der Waals surface area contributed by atoms with Crippen LogP contribution in [-0.2, 0) is 6.42 Å². The fraction of sp³-hybridized carbons (Fsp3) is 0.714. The highest BCUT2D eigenvalue weighted by atomic mass is 32.2. The number of hydrogen-bond acceptors (Lipinski definition) is 4. The van der Waals surface area contributed by atoms with Gasteiger partial charge in [-0.15, -0.1) is 0 Å². The van der Waals surface area contributed by atoms with Crippen LogP contribution in [0.4, 0.5) is 0 Å². The molecule has 1 saturated carbocycles. The summed E-state index contributed by atoms with van der Waals surface area (Å²) in [6, 6.07) is 0.172. The molecule has 1 aliphatic carbocycles. The van der Waals surface area contributed by atoms with E-state index < -0.39 is 0 Å². The van der Waals surface area contributed by atoms with E-state index in [1.165, 1.54) is 25.7 Å². The average molecular weight is 265 g/mol. The van der Waals surface area contributed by atoms with Gasteiger partial charge in [-0.2, -0.15) is 0 Å². The Morgan fingerprint density at radius 2 is 2.11 bits per heavy atom. The second kappa shape index (κ2) is 6.53. The molecule has 1 aliphatic rings. The van der Waals surface area contributed by atoms with Gasteiger partial charge in [0, 0.05) is 23.7 Å². The molecule has 0 saturated heterocycles. The van der Waals surface area contributed by atoms with E-state index >= 15 is 0 Å². The van der Waals surface area contributed by atoms with Gasteiger partial charge in [-0.1, -0.05) is 31.5 Å². The van der Waals surface area contributed by atoms with Crippen molar-refractivity contribution in [2.45, 2.75) is 62.4 Å². The van der Waals surface area contributed by atoms with Crippen LogP contribution in [0.15, 0.2) is 17.6 Å². The molecule has 3 atom stereocenters. The largest absolute Gasteiger partial charge is 0.328 e. The zero-order valence-electron chi connectivity index (χ0n) is 11.3. The third-order valence-electron chi connectivity index (χ3n) is 3.40. The summed E-state index contributed by atoms with van der Waals surface area (Å²) in [5.74, 6) is 0.855. The summed E-state index contributed by atoms with van der Waals surface area (Å²) >= 11 is 1.84. The normalized spacial score (nSPS) is 25.9. The number of nitrogens with two attached hydrogens (primary N) is 1. The Labute approximate surface area is 114 Å². The van der Waals surface area contributed by atoms with Crippen molar-refractivity contribution >= 4 is 11.8 Å². The van der Waals surface area contributed by atoms with Gasteiger partial charge < -0.3 is 5.73 Å². The summed E-state index contributed by atoms with van der Waals surface area (Å²) in [6.45, 7) is 4.35. The molecule has 1 aromatic rings. The molecule has 0 radical (unpaired) electrons. The smallest absolute Gasteiger partial charge is 0.187 e. The molecule has 100 valence electrons. The van der Waals surface area contributed by atoms with Gasteiger partial charge in [-0.3, -0.25) is 0 Å². The summed E-state index contributed by atoms with van der Waals surface area (Å²) < 4.78 is 0. The van der Waals surface area contributed by atoms with Crippen LogP contribution in [0.2, 0.25) is 0 Å². The quantitative estimate of drug-likeness (QED) is 0.850. The topological polar surface area (TPSA) is 51.8 Å². The molecule has 4 heteroatoms. The second-order valence-corrected chi connectivity index (χ2v) is 6.83. The maximum Gasteiger partial charge on any atom is 0.187 e. The summed E-state index contributed by atoms with van der Waals surface area (Å²) in [5, 5.41) is 1.62. The second-order valence-electron chi connectivity index (χ2n) is 5.57. The first-order chi connectivity index (χ1) is 8.63. The highest BCUT2D eigenvalue weighted by Crippen LogP contribution is 2.34. The number of thioether (sulfide) groups is 1. The van der Waals surface area contributed by atoms with Crippen LogP contribution >= 0.6 is 11.8 Å². The molecule has 0 amide bonds. The van der Waals surface area contributed by atoms with E-state index in [4.69, 9.17) is 5.73 Å². The standard InChI is InChI=1S/C14H23N3S/c1-10-4-3-5-13(6-10)18-14-16-8-12(9-17-14)7-11(2)15/h8-11,13H,3-7,15H2,1-2H3. The average Bonchev–Trinajstić information content (AvgIpc) is 2.31.